The average molecular weight is 343 g/mol. The van der Waals surface area contributed by atoms with E-state index in [0.717, 1.165) is 0 Å². The van der Waals surface area contributed by atoms with Crippen molar-refractivity contribution in [3.63, 3.8) is 0 Å². The maximum absolute atomic E-state index is 12.1. The molecular formula is C10H13Cl2N2O3PS. The smallest absolute Gasteiger partial charge is 0.284 e. The summed E-state index contributed by atoms with van der Waals surface area (Å²) < 4.78 is 34.8. The molecule has 0 radical (unpaired) electrons. The van der Waals surface area contributed by atoms with Gasteiger partial charge < -0.3 is 4.74 Å². The van der Waals surface area contributed by atoms with Gasteiger partial charge in [-0.3, -0.25) is 0 Å². The van der Waals surface area contributed by atoms with Gasteiger partial charge in [0.1, 0.15) is 0 Å². The Bertz CT molecular complexity index is 582. The molecule has 1 fully saturated rings. The lowest BCUT2D eigenvalue weighted by Gasteiger charge is -2.29. The Labute approximate surface area is 122 Å². The van der Waals surface area contributed by atoms with Crippen molar-refractivity contribution >= 4 is 38.4 Å². The second-order valence-electron chi connectivity index (χ2n) is 3.89. The van der Waals surface area contributed by atoms with E-state index in [9.17, 15) is 8.42 Å². The molecule has 0 N–H and O–H groups in total. The standard InChI is InChI=1S/C10H13Cl2N2O3PS/c11-18(12,14-6-8-17-9-7-14)13-19(15,16)10-4-2-1-3-5-10/h1-5H,6-9H2. The molecule has 0 aromatic heterocycles. The van der Waals surface area contributed by atoms with Crippen LogP contribution in [-0.2, 0) is 14.8 Å². The minimum Gasteiger partial charge on any atom is -0.379 e. The summed E-state index contributed by atoms with van der Waals surface area (Å²) in [4.78, 5) is 0.0916. The number of sulfonamides is 1. The topological polar surface area (TPSA) is 59.0 Å². The van der Waals surface area contributed by atoms with Gasteiger partial charge in [-0.05, 0) is 34.6 Å². The molecule has 1 saturated heterocycles. The maximum atomic E-state index is 12.1. The van der Waals surface area contributed by atoms with Crippen molar-refractivity contribution in [3.05, 3.63) is 30.3 Å². The summed E-state index contributed by atoms with van der Waals surface area (Å²) in [6.07, 6.45) is 0. The molecule has 1 heterocycles. The van der Waals surface area contributed by atoms with Crippen LogP contribution in [-0.4, -0.2) is 39.4 Å². The second kappa shape index (κ2) is 6.12. The Morgan fingerprint density at radius 2 is 1.74 bits per heavy atom. The van der Waals surface area contributed by atoms with Crippen molar-refractivity contribution < 1.29 is 13.2 Å². The molecule has 9 heteroatoms. The van der Waals surface area contributed by atoms with Crippen molar-refractivity contribution in [2.75, 3.05) is 26.3 Å². The van der Waals surface area contributed by atoms with Crippen LogP contribution in [0.3, 0.4) is 0 Å². The minimum absolute atomic E-state index is 0.0916. The van der Waals surface area contributed by atoms with E-state index in [1.807, 2.05) is 0 Å². The molecule has 0 unspecified atom stereocenters. The molecule has 0 spiro atoms. The summed E-state index contributed by atoms with van der Waals surface area (Å²) >= 11 is 12.3. The molecule has 5 nitrogen and oxygen atoms in total. The molecule has 0 atom stereocenters. The Morgan fingerprint density at radius 1 is 1.16 bits per heavy atom. The summed E-state index contributed by atoms with van der Waals surface area (Å²) in [6, 6.07) is 7.90. The molecule has 1 aromatic carbocycles. The predicted molar refractivity (Wildman–Crippen MR) is 77.1 cm³/mol. The molecule has 0 saturated carbocycles. The van der Waals surface area contributed by atoms with Crippen LogP contribution >= 0.6 is 28.4 Å². The van der Waals surface area contributed by atoms with Crippen LogP contribution in [0.2, 0.25) is 0 Å². The first-order valence-electron chi connectivity index (χ1n) is 5.58. The number of hydrogen-bond acceptors (Lipinski definition) is 3. The fraction of sp³-hybridized carbons (Fsp3) is 0.400. The van der Waals surface area contributed by atoms with E-state index < -0.39 is 15.9 Å². The lowest BCUT2D eigenvalue weighted by molar-refractivity contribution is 0.0756. The predicted octanol–water partition coefficient (Wildman–Crippen LogP) is 3.13. The fourth-order valence-corrected chi connectivity index (χ4v) is 6.96. The zero-order chi connectivity index (χ0) is 13.9. The fourth-order valence-electron chi connectivity index (χ4n) is 1.61. The van der Waals surface area contributed by atoms with Gasteiger partial charge in [0.25, 0.3) is 10.0 Å². The molecule has 0 amide bonds. The summed E-state index contributed by atoms with van der Waals surface area (Å²) in [5.41, 5.74) is 0. The minimum atomic E-state index is -3.84. The summed E-state index contributed by atoms with van der Waals surface area (Å²) in [7, 11) is -3.84. The van der Waals surface area contributed by atoms with E-state index in [1.54, 1.807) is 22.9 Å². The molecule has 19 heavy (non-hydrogen) atoms. The Balaban J connectivity index is 2.33. The molecule has 1 aliphatic rings. The van der Waals surface area contributed by atoms with Crippen LogP contribution in [0.1, 0.15) is 0 Å². The van der Waals surface area contributed by atoms with Crippen LogP contribution in [0.4, 0.5) is 0 Å². The molecule has 1 aliphatic heterocycles. The lowest BCUT2D eigenvalue weighted by atomic mass is 10.4. The normalized spacial score (nSPS) is 18.2. The number of ether oxygens (including phenoxy) is 1. The zero-order valence-electron chi connectivity index (χ0n) is 9.95. The lowest BCUT2D eigenvalue weighted by Crippen LogP contribution is -2.31. The molecule has 0 bridgehead atoms. The third kappa shape index (κ3) is 3.94. The number of rotatable bonds is 3. The first-order chi connectivity index (χ1) is 8.92. The van der Waals surface area contributed by atoms with E-state index in [4.69, 9.17) is 27.2 Å². The monoisotopic (exact) mass is 342 g/mol. The molecule has 2 rings (SSSR count). The Morgan fingerprint density at radius 3 is 2.32 bits per heavy atom. The van der Waals surface area contributed by atoms with Crippen LogP contribution in [0.25, 0.3) is 0 Å². The zero-order valence-corrected chi connectivity index (χ0v) is 13.2. The summed E-state index contributed by atoms with van der Waals surface area (Å²) in [5, 5.41) is 0. The van der Waals surface area contributed by atoms with Crippen LogP contribution < -0.4 is 0 Å². The van der Waals surface area contributed by atoms with Gasteiger partial charge in [-0.25, -0.2) is 4.67 Å². The summed E-state index contributed by atoms with van der Waals surface area (Å²) in [5.74, 6) is -3.07. The highest BCUT2D eigenvalue weighted by Gasteiger charge is 2.28. The van der Waals surface area contributed by atoms with E-state index >= 15 is 0 Å². The molecule has 106 valence electrons. The highest BCUT2D eigenvalue weighted by Crippen LogP contribution is 2.64. The van der Waals surface area contributed by atoms with E-state index in [2.05, 4.69) is 4.15 Å². The second-order valence-corrected chi connectivity index (χ2v) is 10.8. The van der Waals surface area contributed by atoms with Gasteiger partial charge in [0.15, 0.2) is 0 Å². The Hall–Kier alpha value is -0.100. The third-order valence-electron chi connectivity index (χ3n) is 2.57. The SMILES string of the molecule is O=S(=O)(N=P(Cl)(Cl)N1CCOCC1)c1ccccc1. The highest BCUT2D eigenvalue weighted by molar-refractivity contribution is 8.12. The van der Waals surface area contributed by atoms with Crippen molar-refractivity contribution in [2.24, 2.45) is 4.15 Å². The van der Waals surface area contributed by atoms with Crippen molar-refractivity contribution in [1.82, 2.24) is 4.67 Å². The number of morpholine rings is 1. The number of hydrogen-bond donors (Lipinski definition) is 0. The Kier molecular flexibility index (Phi) is 4.93. The average Bonchev–Trinajstić information content (AvgIpc) is 2.40. The van der Waals surface area contributed by atoms with Gasteiger partial charge in [0.2, 0.25) is 5.91 Å². The van der Waals surface area contributed by atoms with Crippen molar-refractivity contribution in [1.29, 1.82) is 0 Å². The van der Waals surface area contributed by atoms with Gasteiger partial charge in [-0.2, -0.15) is 8.42 Å². The van der Waals surface area contributed by atoms with Gasteiger partial charge in [-0.1, -0.05) is 18.2 Å². The van der Waals surface area contributed by atoms with Gasteiger partial charge >= 0.3 is 0 Å². The quantitative estimate of drug-likeness (QED) is 0.792. The largest absolute Gasteiger partial charge is 0.379 e. The van der Waals surface area contributed by atoms with Gasteiger partial charge in [0.05, 0.1) is 18.1 Å². The van der Waals surface area contributed by atoms with Gasteiger partial charge in [0, 0.05) is 13.1 Å². The summed E-state index contributed by atoms with van der Waals surface area (Å²) in [6.45, 7) is 1.91. The number of benzene rings is 1. The van der Waals surface area contributed by atoms with Crippen LogP contribution in [0.5, 0.6) is 0 Å². The number of nitrogens with zero attached hydrogens (tertiary/aromatic N) is 2. The van der Waals surface area contributed by atoms with Crippen molar-refractivity contribution in [2.45, 2.75) is 4.90 Å². The highest BCUT2D eigenvalue weighted by atomic mass is 35.9. The first kappa shape index (κ1) is 15.3. The van der Waals surface area contributed by atoms with Gasteiger partial charge in [-0.15, -0.1) is 4.15 Å². The first-order valence-corrected chi connectivity index (χ1v) is 10.5. The number of halogens is 2. The molecular weight excluding hydrogens is 330 g/mol. The van der Waals surface area contributed by atoms with E-state index in [1.165, 1.54) is 12.1 Å². The molecule has 0 aliphatic carbocycles. The maximum Gasteiger partial charge on any atom is 0.284 e. The molecule has 1 aromatic rings. The van der Waals surface area contributed by atoms with Crippen molar-refractivity contribution in [3.8, 4) is 0 Å². The van der Waals surface area contributed by atoms with Crippen LogP contribution in [0.15, 0.2) is 39.4 Å². The van der Waals surface area contributed by atoms with E-state index in [0.29, 0.717) is 26.3 Å². The third-order valence-corrected chi connectivity index (χ3v) is 8.56. The van der Waals surface area contributed by atoms with Crippen LogP contribution in [0, 0.1) is 0 Å². The van der Waals surface area contributed by atoms with E-state index in [-0.39, 0.29) is 4.90 Å².